The van der Waals surface area contributed by atoms with Gasteiger partial charge in [0.2, 0.25) is 0 Å². The normalized spacial score (nSPS) is 36.5. The minimum absolute atomic E-state index is 0.358. The summed E-state index contributed by atoms with van der Waals surface area (Å²) in [5, 5.41) is 0. The van der Waals surface area contributed by atoms with E-state index in [1.807, 2.05) is 0 Å². The molecule has 0 unspecified atom stereocenters. The lowest BCUT2D eigenvalue weighted by atomic mass is 9.48. The molecule has 4 nitrogen and oxygen atoms in total. The number of aromatic nitrogens is 2. The minimum Gasteiger partial charge on any atom is -0.364 e. The molecule has 0 spiro atoms. The van der Waals surface area contributed by atoms with Gasteiger partial charge in [0.15, 0.2) is 0 Å². The van der Waals surface area contributed by atoms with Crippen molar-refractivity contribution in [3.05, 3.63) is 17.2 Å². The number of aryl methyl sites for hydroxylation is 1. The highest BCUT2D eigenvalue weighted by molar-refractivity contribution is 5.92. The fourth-order valence-electron chi connectivity index (χ4n) is 7.37. The van der Waals surface area contributed by atoms with E-state index >= 15 is 0 Å². The van der Waals surface area contributed by atoms with E-state index in [0.29, 0.717) is 17.0 Å². The number of hydrogen-bond donors (Lipinski definition) is 2. The predicted molar refractivity (Wildman–Crippen MR) is 102 cm³/mol. The summed E-state index contributed by atoms with van der Waals surface area (Å²) in [6.07, 6.45) is 17.2. The SMILES string of the molecule is NC(=O)c1nc(C2CCCCC2)[nH]c1CCC12CC3CC(CC(C3)C1)C2. The van der Waals surface area contributed by atoms with Gasteiger partial charge in [-0.1, -0.05) is 19.3 Å². The minimum atomic E-state index is -0.358. The topological polar surface area (TPSA) is 71.8 Å². The third kappa shape index (κ3) is 2.99. The molecule has 4 heteroatoms. The number of rotatable bonds is 5. The summed E-state index contributed by atoms with van der Waals surface area (Å²) in [5.41, 5.74) is 7.76. The van der Waals surface area contributed by atoms with Gasteiger partial charge in [-0.2, -0.15) is 0 Å². The van der Waals surface area contributed by atoms with Crippen molar-refractivity contribution in [1.29, 1.82) is 0 Å². The lowest BCUT2D eigenvalue weighted by Gasteiger charge is -2.57. The highest BCUT2D eigenvalue weighted by Gasteiger charge is 2.50. The zero-order chi connectivity index (χ0) is 17.7. The van der Waals surface area contributed by atoms with Crippen molar-refractivity contribution in [3.63, 3.8) is 0 Å². The molecule has 1 aromatic heterocycles. The molecule has 5 fully saturated rings. The van der Waals surface area contributed by atoms with Crippen LogP contribution in [0, 0.1) is 23.2 Å². The summed E-state index contributed by atoms with van der Waals surface area (Å²) >= 11 is 0. The lowest BCUT2D eigenvalue weighted by molar-refractivity contribution is -0.0570. The van der Waals surface area contributed by atoms with E-state index in [2.05, 4.69) is 9.97 Å². The third-order valence-corrected chi connectivity index (χ3v) is 8.09. The van der Waals surface area contributed by atoms with Gasteiger partial charge in [0.25, 0.3) is 5.91 Å². The second-order valence-electron chi connectivity index (χ2n) is 10.1. The van der Waals surface area contributed by atoms with Crippen molar-refractivity contribution in [1.82, 2.24) is 9.97 Å². The summed E-state index contributed by atoms with van der Waals surface area (Å²) in [6, 6.07) is 0. The van der Waals surface area contributed by atoms with Crippen LogP contribution in [0.15, 0.2) is 0 Å². The molecule has 0 aromatic carbocycles. The van der Waals surface area contributed by atoms with Crippen LogP contribution in [0.2, 0.25) is 0 Å². The van der Waals surface area contributed by atoms with Crippen molar-refractivity contribution in [2.75, 3.05) is 0 Å². The van der Waals surface area contributed by atoms with E-state index in [1.165, 1.54) is 77.0 Å². The van der Waals surface area contributed by atoms with Crippen LogP contribution in [-0.2, 0) is 6.42 Å². The first kappa shape index (κ1) is 16.8. The molecule has 5 saturated carbocycles. The predicted octanol–water partition coefficient (Wildman–Crippen LogP) is 4.71. The van der Waals surface area contributed by atoms with Crippen molar-refractivity contribution >= 4 is 5.91 Å². The highest BCUT2D eigenvalue weighted by Crippen LogP contribution is 2.61. The standard InChI is InChI=1S/C22H33N3O/c23-20(26)19-18(24-21(25-19)17-4-2-1-3-5-17)6-7-22-11-14-8-15(12-22)10-16(9-14)13-22/h14-17H,1-13H2,(H2,23,26)(H,24,25). The van der Waals surface area contributed by atoms with Crippen molar-refractivity contribution < 1.29 is 4.79 Å². The molecular formula is C22H33N3O. The van der Waals surface area contributed by atoms with Gasteiger partial charge in [-0.05, 0) is 87.4 Å². The Balaban J connectivity index is 1.33. The van der Waals surface area contributed by atoms with Gasteiger partial charge in [0.1, 0.15) is 11.5 Å². The van der Waals surface area contributed by atoms with Crippen LogP contribution in [-0.4, -0.2) is 15.9 Å². The molecule has 0 atom stereocenters. The molecule has 1 amide bonds. The number of imidazole rings is 1. The number of nitrogens with two attached hydrogens (primary N) is 1. The number of carbonyl (C=O) groups is 1. The molecule has 5 aliphatic rings. The van der Waals surface area contributed by atoms with Crippen LogP contribution in [0.5, 0.6) is 0 Å². The Morgan fingerprint density at radius 1 is 1.04 bits per heavy atom. The van der Waals surface area contributed by atoms with Gasteiger partial charge in [-0.15, -0.1) is 0 Å². The average molecular weight is 356 g/mol. The van der Waals surface area contributed by atoms with Crippen LogP contribution in [0.4, 0.5) is 0 Å². The molecular weight excluding hydrogens is 322 g/mol. The van der Waals surface area contributed by atoms with Crippen molar-refractivity contribution in [3.8, 4) is 0 Å². The second kappa shape index (κ2) is 6.38. The van der Waals surface area contributed by atoms with Gasteiger partial charge in [-0.25, -0.2) is 4.98 Å². The Morgan fingerprint density at radius 3 is 2.23 bits per heavy atom. The maximum atomic E-state index is 12.0. The Kier molecular flexibility index (Phi) is 4.13. The number of aromatic amines is 1. The average Bonchev–Trinajstić information content (AvgIpc) is 3.04. The molecule has 4 bridgehead atoms. The smallest absolute Gasteiger partial charge is 0.269 e. The fourth-order valence-corrected chi connectivity index (χ4v) is 7.37. The summed E-state index contributed by atoms with van der Waals surface area (Å²) in [6.45, 7) is 0. The van der Waals surface area contributed by atoms with E-state index in [-0.39, 0.29) is 5.91 Å². The van der Waals surface area contributed by atoms with Crippen LogP contribution in [0.25, 0.3) is 0 Å². The zero-order valence-corrected chi connectivity index (χ0v) is 15.9. The molecule has 3 N–H and O–H groups in total. The molecule has 0 saturated heterocycles. The Morgan fingerprint density at radius 2 is 1.65 bits per heavy atom. The molecule has 0 aliphatic heterocycles. The maximum Gasteiger partial charge on any atom is 0.269 e. The van der Waals surface area contributed by atoms with Gasteiger partial charge < -0.3 is 10.7 Å². The van der Waals surface area contributed by atoms with Crippen LogP contribution < -0.4 is 5.73 Å². The molecule has 1 aromatic rings. The lowest BCUT2D eigenvalue weighted by Crippen LogP contribution is -2.46. The van der Waals surface area contributed by atoms with Gasteiger partial charge in [0.05, 0.1) is 0 Å². The van der Waals surface area contributed by atoms with E-state index in [4.69, 9.17) is 5.73 Å². The molecule has 1 heterocycles. The zero-order valence-electron chi connectivity index (χ0n) is 15.9. The maximum absolute atomic E-state index is 12.0. The molecule has 142 valence electrons. The van der Waals surface area contributed by atoms with E-state index in [1.54, 1.807) is 0 Å². The summed E-state index contributed by atoms with van der Waals surface area (Å²) in [4.78, 5) is 20.2. The van der Waals surface area contributed by atoms with Crippen LogP contribution in [0.1, 0.15) is 105 Å². The molecule has 5 aliphatic carbocycles. The first-order valence-corrected chi connectivity index (χ1v) is 11.0. The number of hydrogen-bond acceptors (Lipinski definition) is 2. The second-order valence-corrected chi connectivity index (χ2v) is 10.1. The molecule has 26 heavy (non-hydrogen) atoms. The van der Waals surface area contributed by atoms with Gasteiger partial charge in [0, 0.05) is 11.6 Å². The van der Waals surface area contributed by atoms with Gasteiger partial charge >= 0.3 is 0 Å². The van der Waals surface area contributed by atoms with E-state index in [9.17, 15) is 4.79 Å². The molecule has 6 rings (SSSR count). The largest absolute Gasteiger partial charge is 0.364 e. The number of amides is 1. The van der Waals surface area contributed by atoms with Gasteiger partial charge in [-0.3, -0.25) is 4.79 Å². The number of nitrogens with zero attached hydrogens (tertiary/aromatic N) is 1. The number of nitrogens with one attached hydrogen (secondary N) is 1. The van der Waals surface area contributed by atoms with Crippen LogP contribution >= 0.6 is 0 Å². The first-order valence-electron chi connectivity index (χ1n) is 11.0. The number of primary amides is 1. The highest BCUT2D eigenvalue weighted by atomic mass is 16.1. The third-order valence-electron chi connectivity index (χ3n) is 8.09. The summed E-state index contributed by atoms with van der Waals surface area (Å²) < 4.78 is 0. The van der Waals surface area contributed by atoms with E-state index < -0.39 is 0 Å². The fraction of sp³-hybridized carbons (Fsp3) is 0.818. The molecule has 0 radical (unpaired) electrons. The van der Waals surface area contributed by atoms with Crippen molar-refractivity contribution in [2.24, 2.45) is 28.9 Å². The number of carbonyl (C=O) groups excluding carboxylic acids is 1. The number of H-pyrrole nitrogens is 1. The van der Waals surface area contributed by atoms with Crippen LogP contribution in [0.3, 0.4) is 0 Å². The first-order chi connectivity index (χ1) is 12.6. The Bertz CT molecular complexity index is 650. The summed E-state index contributed by atoms with van der Waals surface area (Å²) in [7, 11) is 0. The Labute approximate surface area is 156 Å². The quantitative estimate of drug-likeness (QED) is 0.803. The summed E-state index contributed by atoms with van der Waals surface area (Å²) in [5.74, 6) is 4.11. The Hall–Kier alpha value is -1.32. The monoisotopic (exact) mass is 355 g/mol. The van der Waals surface area contributed by atoms with E-state index in [0.717, 1.165) is 35.7 Å². The van der Waals surface area contributed by atoms with Crippen molar-refractivity contribution in [2.45, 2.75) is 89.4 Å².